The predicted octanol–water partition coefficient (Wildman–Crippen LogP) is 1.75. The molecule has 1 fully saturated rings. The van der Waals surface area contributed by atoms with Crippen LogP contribution in [0.3, 0.4) is 0 Å². The molecule has 114 valence electrons. The number of morpholine rings is 1. The Bertz CT molecular complexity index is 229. The molecule has 0 aromatic carbocycles. The van der Waals surface area contributed by atoms with Gasteiger partial charge in [-0.25, -0.2) is 0 Å². The lowest BCUT2D eigenvalue weighted by Crippen LogP contribution is -2.48. The van der Waals surface area contributed by atoms with Gasteiger partial charge in [0.1, 0.15) is 0 Å². The molecule has 4 nitrogen and oxygen atoms in total. The lowest BCUT2D eigenvalue weighted by molar-refractivity contribution is -0.0353. The Labute approximate surface area is 118 Å². The van der Waals surface area contributed by atoms with Gasteiger partial charge in [-0.15, -0.1) is 0 Å². The molecule has 1 unspecified atom stereocenters. The average Bonchev–Trinajstić information content (AvgIpc) is 2.34. The highest BCUT2D eigenvalue weighted by Crippen LogP contribution is 2.11. The Morgan fingerprint density at radius 1 is 1.32 bits per heavy atom. The van der Waals surface area contributed by atoms with Crippen LogP contribution in [0, 0.1) is 5.41 Å². The molecule has 0 saturated carbocycles. The van der Waals surface area contributed by atoms with E-state index in [-0.39, 0.29) is 0 Å². The summed E-state index contributed by atoms with van der Waals surface area (Å²) in [4.78, 5) is 2.45. The molecule has 1 rings (SSSR count). The van der Waals surface area contributed by atoms with Crippen LogP contribution in [0.2, 0.25) is 0 Å². The minimum absolute atomic E-state index is 0.322. The standard InChI is InChI=1S/C15H32N2O2/c1-5-8-18-9-6-17-7-10-19-14(12-17)11-16-13-15(2,3)4/h14,16H,5-13H2,1-4H3. The van der Waals surface area contributed by atoms with Crippen LogP contribution in [0.4, 0.5) is 0 Å². The van der Waals surface area contributed by atoms with E-state index in [9.17, 15) is 0 Å². The monoisotopic (exact) mass is 272 g/mol. The summed E-state index contributed by atoms with van der Waals surface area (Å²) >= 11 is 0. The number of nitrogens with one attached hydrogen (secondary N) is 1. The minimum atomic E-state index is 0.322. The molecule has 0 amide bonds. The van der Waals surface area contributed by atoms with Crippen molar-refractivity contribution < 1.29 is 9.47 Å². The van der Waals surface area contributed by atoms with Crippen molar-refractivity contribution >= 4 is 0 Å². The van der Waals surface area contributed by atoms with E-state index in [2.05, 4.69) is 37.9 Å². The molecule has 0 radical (unpaired) electrons. The molecule has 0 bridgehead atoms. The maximum absolute atomic E-state index is 5.81. The first-order valence-corrected chi connectivity index (χ1v) is 7.63. The Balaban J connectivity index is 2.12. The maximum atomic E-state index is 5.81. The summed E-state index contributed by atoms with van der Waals surface area (Å²) in [5, 5.41) is 3.51. The van der Waals surface area contributed by atoms with Crippen molar-refractivity contribution in [3.63, 3.8) is 0 Å². The summed E-state index contributed by atoms with van der Waals surface area (Å²) < 4.78 is 11.4. The summed E-state index contributed by atoms with van der Waals surface area (Å²) in [6, 6.07) is 0. The largest absolute Gasteiger partial charge is 0.380 e. The van der Waals surface area contributed by atoms with Gasteiger partial charge in [0.15, 0.2) is 0 Å². The van der Waals surface area contributed by atoms with Crippen LogP contribution in [-0.4, -0.2) is 63.5 Å². The third kappa shape index (κ3) is 8.58. The molecule has 0 aromatic heterocycles. The van der Waals surface area contributed by atoms with E-state index in [0.29, 0.717) is 11.5 Å². The lowest BCUT2D eigenvalue weighted by Gasteiger charge is -2.33. The first-order valence-electron chi connectivity index (χ1n) is 7.63. The number of rotatable bonds is 8. The van der Waals surface area contributed by atoms with Crippen LogP contribution in [0.15, 0.2) is 0 Å². The van der Waals surface area contributed by atoms with Crippen molar-refractivity contribution in [3.05, 3.63) is 0 Å². The molecule has 0 aliphatic carbocycles. The Hall–Kier alpha value is -0.160. The fourth-order valence-corrected chi connectivity index (χ4v) is 2.16. The highest BCUT2D eigenvalue weighted by molar-refractivity contribution is 4.75. The van der Waals surface area contributed by atoms with Gasteiger partial charge in [-0.3, -0.25) is 4.90 Å². The molecule has 1 aliphatic rings. The smallest absolute Gasteiger partial charge is 0.0826 e. The third-order valence-corrected chi connectivity index (χ3v) is 3.15. The normalized spacial score (nSPS) is 21.8. The lowest BCUT2D eigenvalue weighted by atomic mass is 9.97. The summed E-state index contributed by atoms with van der Waals surface area (Å²) in [7, 11) is 0. The second kappa shape index (κ2) is 8.90. The van der Waals surface area contributed by atoms with E-state index in [1.165, 1.54) is 0 Å². The molecule has 1 aliphatic heterocycles. The molecule has 0 aromatic rings. The fourth-order valence-electron chi connectivity index (χ4n) is 2.16. The Morgan fingerprint density at radius 3 is 2.79 bits per heavy atom. The van der Waals surface area contributed by atoms with Crippen molar-refractivity contribution in [1.82, 2.24) is 10.2 Å². The quantitative estimate of drug-likeness (QED) is 0.683. The molecule has 19 heavy (non-hydrogen) atoms. The highest BCUT2D eigenvalue weighted by atomic mass is 16.5. The van der Waals surface area contributed by atoms with Gasteiger partial charge in [0.2, 0.25) is 0 Å². The summed E-state index contributed by atoms with van der Waals surface area (Å²) in [5.41, 5.74) is 0.336. The van der Waals surface area contributed by atoms with Gasteiger partial charge in [-0.05, 0) is 11.8 Å². The fraction of sp³-hybridized carbons (Fsp3) is 1.00. The number of hydrogen-bond donors (Lipinski definition) is 1. The molecule has 0 spiro atoms. The molecule has 1 saturated heterocycles. The van der Waals surface area contributed by atoms with Gasteiger partial charge >= 0.3 is 0 Å². The van der Waals surface area contributed by atoms with Crippen LogP contribution in [0.25, 0.3) is 0 Å². The van der Waals surface area contributed by atoms with E-state index < -0.39 is 0 Å². The summed E-state index contributed by atoms with van der Waals surface area (Å²) in [6.45, 7) is 16.5. The Kier molecular flexibility index (Phi) is 7.91. The second-order valence-corrected chi connectivity index (χ2v) is 6.60. The molecule has 1 N–H and O–H groups in total. The number of hydrogen-bond acceptors (Lipinski definition) is 4. The summed E-state index contributed by atoms with van der Waals surface area (Å²) in [5.74, 6) is 0. The molecule has 1 atom stereocenters. The first kappa shape index (κ1) is 16.9. The molecule has 4 heteroatoms. The zero-order chi connectivity index (χ0) is 14.1. The van der Waals surface area contributed by atoms with E-state index in [1.54, 1.807) is 0 Å². The van der Waals surface area contributed by atoms with Crippen molar-refractivity contribution in [2.24, 2.45) is 5.41 Å². The van der Waals surface area contributed by atoms with Gasteiger partial charge in [-0.1, -0.05) is 27.7 Å². The van der Waals surface area contributed by atoms with Crippen LogP contribution in [0.1, 0.15) is 34.1 Å². The summed E-state index contributed by atoms with van der Waals surface area (Å²) in [6.07, 6.45) is 1.42. The van der Waals surface area contributed by atoms with Crippen molar-refractivity contribution in [1.29, 1.82) is 0 Å². The van der Waals surface area contributed by atoms with Gasteiger partial charge in [0.05, 0.1) is 19.3 Å². The van der Waals surface area contributed by atoms with Crippen molar-refractivity contribution in [2.75, 3.05) is 52.5 Å². The predicted molar refractivity (Wildman–Crippen MR) is 79.6 cm³/mol. The number of nitrogens with zero attached hydrogens (tertiary/aromatic N) is 1. The van der Waals surface area contributed by atoms with E-state index in [1.807, 2.05) is 0 Å². The molecular weight excluding hydrogens is 240 g/mol. The van der Waals surface area contributed by atoms with Crippen molar-refractivity contribution in [3.8, 4) is 0 Å². The maximum Gasteiger partial charge on any atom is 0.0826 e. The topological polar surface area (TPSA) is 33.7 Å². The van der Waals surface area contributed by atoms with Crippen LogP contribution in [-0.2, 0) is 9.47 Å². The van der Waals surface area contributed by atoms with Crippen LogP contribution < -0.4 is 5.32 Å². The zero-order valence-electron chi connectivity index (χ0n) is 13.2. The third-order valence-electron chi connectivity index (χ3n) is 3.15. The van der Waals surface area contributed by atoms with Crippen molar-refractivity contribution in [2.45, 2.75) is 40.2 Å². The van der Waals surface area contributed by atoms with Crippen LogP contribution >= 0.6 is 0 Å². The Morgan fingerprint density at radius 2 is 2.11 bits per heavy atom. The second-order valence-electron chi connectivity index (χ2n) is 6.60. The molecular formula is C15H32N2O2. The van der Waals surface area contributed by atoms with Gasteiger partial charge in [-0.2, -0.15) is 0 Å². The van der Waals surface area contributed by atoms with E-state index >= 15 is 0 Å². The highest BCUT2D eigenvalue weighted by Gasteiger charge is 2.20. The van der Waals surface area contributed by atoms with Gasteiger partial charge in [0.25, 0.3) is 0 Å². The SMILES string of the molecule is CCCOCCN1CCOC(CNCC(C)(C)C)C1. The number of ether oxygens (including phenoxy) is 2. The molecule has 1 heterocycles. The van der Waals surface area contributed by atoms with Crippen LogP contribution in [0.5, 0.6) is 0 Å². The zero-order valence-corrected chi connectivity index (χ0v) is 13.2. The van der Waals surface area contributed by atoms with E-state index in [4.69, 9.17) is 9.47 Å². The minimum Gasteiger partial charge on any atom is -0.380 e. The van der Waals surface area contributed by atoms with Gasteiger partial charge in [0, 0.05) is 39.3 Å². The first-order chi connectivity index (χ1) is 9.01. The average molecular weight is 272 g/mol. The van der Waals surface area contributed by atoms with E-state index in [0.717, 1.165) is 59.0 Å². The van der Waals surface area contributed by atoms with Gasteiger partial charge < -0.3 is 14.8 Å².